The molecule has 6 rings (SSSR count). The van der Waals surface area contributed by atoms with E-state index in [4.69, 9.17) is 0 Å². The monoisotopic (exact) mass is 550 g/mol. The van der Waals surface area contributed by atoms with Gasteiger partial charge in [-0.2, -0.15) is 0 Å². The predicted octanol–water partition coefficient (Wildman–Crippen LogP) is 5.58. The van der Waals surface area contributed by atoms with Crippen molar-refractivity contribution in [3.05, 3.63) is 181 Å². The van der Waals surface area contributed by atoms with Crippen LogP contribution in [0.4, 0.5) is 0 Å². The Morgan fingerprint density at radius 2 is 0.675 bits per heavy atom. The van der Waals surface area contributed by atoms with Gasteiger partial charge in [0.15, 0.2) is 15.2 Å². The van der Waals surface area contributed by atoms with E-state index in [1.54, 1.807) is 0 Å². The van der Waals surface area contributed by atoms with Gasteiger partial charge in [0.25, 0.3) is 0 Å². The number of rotatable bonds is 8. The second-order valence-electron chi connectivity index (χ2n) is 10.1. The Hall–Kier alpha value is -4.23. The molecule has 0 bridgehead atoms. The summed E-state index contributed by atoms with van der Waals surface area (Å²) >= 11 is 0. The van der Waals surface area contributed by atoms with Crippen LogP contribution in [0.25, 0.3) is 0 Å². The molecule has 0 atom stereocenters. The Morgan fingerprint density at radius 1 is 0.375 bits per heavy atom. The van der Waals surface area contributed by atoms with Gasteiger partial charge in [-0.3, -0.25) is 0 Å². The van der Waals surface area contributed by atoms with Crippen molar-refractivity contribution in [3.63, 3.8) is 0 Å². The van der Waals surface area contributed by atoms with Gasteiger partial charge in [0.2, 0.25) is 0 Å². The summed E-state index contributed by atoms with van der Waals surface area (Å²) in [6.45, 7) is 0. The molecule has 0 heterocycles. The van der Waals surface area contributed by atoms with E-state index in [2.05, 4.69) is 115 Å². The molecule has 0 radical (unpaired) electrons. The van der Waals surface area contributed by atoms with Crippen molar-refractivity contribution in [2.45, 2.75) is 6.04 Å². The van der Waals surface area contributed by atoms with Gasteiger partial charge in [-0.05, 0) is 27.2 Å². The van der Waals surface area contributed by atoms with E-state index in [9.17, 15) is 4.57 Å². The molecule has 0 N–H and O–H groups in total. The molecule has 0 aromatic heterocycles. The van der Waals surface area contributed by atoms with Crippen molar-refractivity contribution in [2.75, 3.05) is 0 Å². The van der Waals surface area contributed by atoms with Gasteiger partial charge in [0.05, 0.1) is 0 Å². The first-order valence-corrected chi connectivity index (χ1v) is 17.6. The lowest BCUT2D eigenvalue weighted by molar-refractivity contribution is 0.592. The fourth-order valence-electron chi connectivity index (χ4n) is 5.83. The highest BCUT2D eigenvalue weighted by molar-refractivity contribution is 7.85. The summed E-state index contributed by atoms with van der Waals surface area (Å²) in [6.07, 6.45) is 0. The lowest BCUT2D eigenvalue weighted by atomic mass is 10.2. The maximum absolute atomic E-state index is 14.9. The summed E-state index contributed by atoms with van der Waals surface area (Å²) in [5, 5.41) is 6.73. The Morgan fingerprint density at radius 3 is 1.02 bits per heavy atom. The van der Waals surface area contributed by atoms with E-state index in [0.29, 0.717) is 0 Å². The largest absolute Gasteiger partial charge is 0.309 e. The smallest absolute Gasteiger partial charge is 0.171 e. The highest BCUT2D eigenvalue weighted by atomic mass is 31.2. The van der Waals surface area contributed by atoms with Crippen LogP contribution in [0.1, 0.15) is 5.56 Å². The molecule has 3 heteroatoms. The molecule has 6 aromatic rings. The maximum Gasteiger partial charge on any atom is 0.171 e. The van der Waals surface area contributed by atoms with E-state index < -0.39 is 15.2 Å². The second-order valence-corrected chi connectivity index (χ2v) is 16.8. The Bertz CT molecular complexity index is 1560. The molecular formula is C37H31OPSi. The van der Waals surface area contributed by atoms with E-state index in [1.165, 1.54) is 21.1 Å². The minimum Gasteiger partial charge on any atom is -0.309 e. The third-order valence-electron chi connectivity index (χ3n) is 7.81. The Balaban J connectivity index is 1.49. The summed E-state index contributed by atoms with van der Waals surface area (Å²) in [5.74, 6) is 0. The molecule has 0 aliphatic rings. The van der Waals surface area contributed by atoms with Crippen LogP contribution in [0.5, 0.6) is 0 Å². The van der Waals surface area contributed by atoms with Crippen molar-refractivity contribution in [2.24, 2.45) is 0 Å². The summed E-state index contributed by atoms with van der Waals surface area (Å²) in [5.41, 5.74) is 1.25. The first-order valence-electron chi connectivity index (χ1n) is 13.7. The lowest BCUT2D eigenvalue weighted by Gasteiger charge is -2.34. The molecule has 0 saturated heterocycles. The highest BCUT2D eigenvalue weighted by Gasteiger charge is 2.39. The average molecular weight is 551 g/mol. The van der Waals surface area contributed by atoms with Crippen LogP contribution < -0.4 is 31.5 Å². The molecule has 1 nitrogen and oxygen atoms in total. The zero-order valence-electron chi connectivity index (χ0n) is 22.3. The Kier molecular flexibility index (Phi) is 7.46. The lowest BCUT2D eigenvalue weighted by Crippen LogP contribution is -2.68. The molecule has 0 fully saturated rings. The van der Waals surface area contributed by atoms with E-state index in [1.807, 2.05) is 60.7 Å². The first kappa shape index (κ1) is 26.0. The van der Waals surface area contributed by atoms with Crippen LogP contribution in [0.3, 0.4) is 0 Å². The highest BCUT2D eigenvalue weighted by Crippen LogP contribution is 2.42. The van der Waals surface area contributed by atoms with Crippen LogP contribution in [0.15, 0.2) is 176 Å². The van der Waals surface area contributed by atoms with E-state index in [0.717, 1.165) is 22.0 Å². The van der Waals surface area contributed by atoms with Gasteiger partial charge in [-0.1, -0.05) is 176 Å². The van der Waals surface area contributed by atoms with Gasteiger partial charge in [0, 0.05) is 15.9 Å². The van der Waals surface area contributed by atoms with Crippen LogP contribution in [-0.2, 0) is 10.6 Å². The average Bonchev–Trinajstić information content (AvgIpc) is 3.05. The second kappa shape index (κ2) is 11.5. The molecule has 0 spiro atoms. The van der Waals surface area contributed by atoms with Crippen molar-refractivity contribution < 1.29 is 4.57 Å². The van der Waals surface area contributed by atoms with E-state index >= 15 is 0 Å². The minimum atomic E-state index is -3.01. The zero-order chi connectivity index (χ0) is 27.3. The quantitative estimate of drug-likeness (QED) is 0.137. The Labute approximate surface area is 238 Å². The third kappa shape index (κ3) is 4.82. The number of benzene rings is 6. The summed E-state index contributed by atoms with van der Waals surface area (Å²) < 4.78 is 14.9. The van der Waals surface area contributed by atoms with Gasteiger partial charge < -0.3 is 4.57 Å². The minimum absolute atomic E-state index is 0.857. The summed E-state index contributed by atoms with van der Waals surface area (Å²) in [6, 6.07) is 62.2. The SMILES string of the molecule is O=P(c1ccccc1)(c1ccccc1)c1ccc(C[Si](c2ccccc2)(c2ccccc2)c2ccccc2)cc1. The topological polar surface area (TPSA) is 17.1 Å². The van der Waals surface area contributed by atoms with Gasteiger partial charge >= 0.3 is 0 Å². The number of hydrogen-bond acceptors (Lipinski definition) is 1. The first-order chi connectivity index (χ1) is 19.7. The molecule has 0 aliphatic carbocycles. The van der Waals surface area contributed by atoms with Gasteiger partial charge in [0.1, 0.15) is 0 Å². The third-order valence-corrected chi connectivity index (χ3v) is 15.8. The van der Waals surface area contributed by atoms with Crippen LogP contribution in [0, 0.1) is 0 Å². The predicted molar refractivity (Wildman–Crippen MR) is 174 cm³/mol. The molecule has 0 aliphatic heterocycles. The van der Waals surface area contributed by atoms with Crippen molar-refractivity contribution >= 4 is 46.7 Å². The van der Waals surface area contributed by atoms with Gasteiger partial charge in [-0.25, -0.2) is 0 Å². The summed E-state index contributed by atoms with van der Waals surface area (Å²) in [4.78, 5) is 0. The van der Waals surface area contributed by atoms with Crippen LogP contribution >= 0.6 is 7.14 Å². The standard InChI is InChI=1S/C37H31OPSi/c38-39(32-16-6-1-7-17-32,33-18-8-2-9-19-33)34-28-26-31(27-29-34)30-40(35-20-10-3-11-21-35,36-22-12-4-13-23-36)37-24-14-5-15-25-37/h1-29H,30H2. The van der Waals surface area contributed by atoms with Gasteiger partial charge in [-0.15, -0.1) is 0 Å². The number of hydrogen-bond donors (Lipinski definition) is 0. The normalized spacial score (nSPS) is 11.7. The molecule has 0 unspecified atom stereocenters. The molecular weight excluding hydrogens is 519 g/mol. The molecule has 0 saturated carbocycles. The maximum atomic E-state index is 14.9. The van der Waals surface area contributed by atoms with Crippen molar-refractivity contribution in [1.29, 1.82) is 0 Å². The fourth-order valence-corrected chi connectivity index (χ4v) is 13.2. The molecule has 194 valence electrons. The fraction of sp³-hybridized carbons (Fsp3) is 0.0270. The zero-order valence-corrected chi connectivity index (χ0v) is 24.2. The molecule has 6 aromatic carbocycles. The van der Waals surface area contributed by atoms with E-state index in [-0.39, 0.29) is 0 Å². The van der Waals surface area contributed by atoms with Crippen LogP contribution in [-0.4, -0.2) is 8.07 Å². The summed E-state index contributed by atoms with van der Waals surface area (Å²) in [7, 11) is -5.44. The van der Waals surface area contributed by atoms with Crippen molar-refractivity contribution in [3.8, 4) is 0 Å². The molecule has 0 amide bonds. The van der Waals surface area contributed by atoms with Crippen molar-refractivity contribution in [1.82, 2.24) is 0 Å². The van der Waals surface area contributed by atoms with Crippen LogP contribution in [0.2, 0.25) is 0 Å². The molecule has 40 heavy (non-hydrogen) atoms.